The van der Waals surface area contributed by atoms with Gasteiger partial charge in [0.1, 0.15) is 0 Å². The highest BCUT2D eigenvalue weighted by molar-refractivity contribution is 5.23. The van der Waals surface area contributed by atoms with Gasteiger partial charge >= 0.3 is 0 Å². The minimum Gasteiger partial charge on any atom is -0.389 e. The summed E-state index contributed by atoms with van der Waals surface area (Å²) in [5, 5.41) is 9.76. The molecule has 0 amide bonds. The Balaban J connectivity index is 2.31. The summed E-state index contributed by atoms with van der Waals surface area (Å²) in [5.41, 5.74) is 0.910. The first kappa shape index (κ1) is 7.32. The molecule has 2 fully saturated rings. The summed E-state index contributed by atoms with van der Waals surface area (Å²) < 4.78 is 5.56. The molecule has 0 radical (unpaired) electrons. The van der Waals surface area contributed by atoms with Crippen molar-refractivity contribution in [3.8, 4) is 0 Å². The van der Waals surface area contributed by atoms with Crippen molar-refractivity contribution < 1.29 is 9.84 Å². The first-order chi connectivity index (χ1) is 5.19. The van der Waals surface area contributed by atoms with Crippen LogP contribution in [0.25, 0.3) is 0 Å². The Morgan fingerprint density at radius 2 is 2.55 bits per heavy atom. The quantitative estimate of drug-likeness (QED) is 0.573. The van der Waals surface area contributed by atoms with Gasteiger partial charge in [-0.05, 0) is 6.42 Å². The average molecular weight is 154 g/mol. The van der Waals surface area contributed by atoms with Crippen LogP contribution >= 0.6 is 0 Å². The highest BCUT2D eigenvalue weighted by Crippen LogP contribution is 2.48. The van der Waals surface area contributed by atoms with E-state index in [2.05, 4.69) is 13.5 Å². The van der Waals surface area contributed by atoms with Crippen molar-refractivity contribution in [1.82, 2.24) is 0 Å². The molecular weight excluding hydrogens is 140 g/mol. The van der Waals surface area contributed by atoms with E-state index in [1.54, 1.807) is 0 Å². The average Bonchev–Trinajstić information content (AvgIpc) is 2.42. The fourth-order valence-electron chi connectivity index (χ4n) is 2.25. The summed E-state index contributed by atoms with van der Waals surface area (Å²) in [6.07, 6.45) is 1.46. The van der Waals surface area contributed by atoms with Crippen molar-refractivity contribution in [3.63, 3.8) is 0 Å². The Labute approximate surface area is 66.9 Å². The van der Waals surface area contributed by atoms with Crippen LogP contribution in [-0.4, -0.2) is 23.4 Å². The van der Waals surface area contributed by atoms with E-state index in [9.17, 15) is 5.11 Å². The van der Waals surface area contributed by atoms with Gasteiger partial charge in [0.25, 0.3) is 0 Å². The molecule has 1 heterocycles. The third-order valence-electron chi connectivity index (χ3n) is 3.12. The lowest BCUT2D eigenvalue weighted by Gasteiger charge is -2.26. The fourth-order valence-corrected chi connectivity index (χ4v) is 2.25. The van der Waals surface area contributed by atoms with Crippen molar-refractivity contribution >= 4 is 0 Å². The molecule has 11 heavy (non-hydrogen) atoms. The van der Waals surface area contributed by atoms with Crippen LogP contribution in [0.2, 0.25) is 0 Å². The Morgan fingerprint density at radius 3 is 2.82 bits per heavy atom. The Bertz CT molecular complexity index is 200. The van der Waals surface area contributed by atoms with E-state index in [0.29, 0.717) is 6.61 Å². The predicted octanol–water partition coefficient (Wildman–Crippen LogP) is 1.10. The Morgan fingerprint density at radius 1 is 1.82 bits per heavy atom. The topological polar surface area (TPSA) is 29.5 Å². The van der Waals surface area contributed by atoms with Crippen molar-refractivity contribution in [1.29, 1.82) is 0 Å². The van der Waals surface area contributed by atoms with Crippen LogP contribution < -0.4 is 0 Å². The molecule has 0 aromatic rings. The van der Waals surface area contributed by atoms with Gasteiger partial charge < -0.3 is 9.84 Å². The van der Waals surface area contributed by atoms with E-state index in [0.717, 1.165) is 12.8 Å². The molecule has 0 unspecified atom stereocenters. The second-order valence-corrected chi connectivity index (χ2v) is 3.62. The van der Waals surface area contributed by atoms with Gasteiger partial charge in [-0.25, -0.2) is 0 Å². The molecule has 1 aliphatic carbocycles. The highest BCUT2D eigenvalue weighted by Gasteiger charge is 2.55. The maximum Gasteiger partial charge on any atom is 0.0981 e. The van der Waals surface area contributed by atoms with Gasteiger partial charge in [-0.2, -0.15) is 0 Å². The zero-order valence-electron chi connectivity index (χ0n) is 6.84. The smallest absolute Gasteiger partial charge is 0.0981 e. The summed E-state index contributed by atoms with van der Waals surface area (Å²) in [6.45, 7) is 6.67. The lowest BCUT2D eigenvalue weighted by Crippen LogP contribution is -2.35. The lowest BCUT2D eigenvalue weighted by molar-refractivity contribution is -0.0540. The number of aliphatic hydroxyl groups is 1. The largest absolute Gasteiger partial charge is 0.389 e. The van der Waals surface area contributed by atoms with Crippen molar-refractivity contribution in [3.05, 3.63) is 12.2 Å². The summed E-state index contributed by atoms with van der Waals surface area (Å²) in [5.74, 6) is 0.218. The first-order valence-electron chi connectivity index (χ1n) is 4.19. The Kier molecular flexibility index (Phi) is 1.38. The SMILES string of the molecule is C=C1C[C@@]2(CC)OC[C@@H]1[C@H]2O. The molecule has 1 aliphatic heterocycles. The first-order valence-corrected chi connectivity index (χ1v) is 4.19. The maximum absolute atomic E-state index is 9.76. The minimum atomic E-state index is -0.292. The molecule has 3 atom stereocenters. The summed E-state index contributed by atoms with van der Waals surface area (Å²) in [6, 6.07) is 0. The molecule has 2 heteroatoms. The maximum atomic E-state index is 9.76. The van der Waals surface area contributed by atoms with E-state index < -0.39 is 0 Å². The molecule has 0 spiro atoms. The second kappa shape index (κ2) is 2.08. The predicted molar refractivity (Wildman–Crippen MR) is 42.2 cm³/mol. The van der Waals surface area contributed by atoms with Crippen molar-refractivity contribution in [2.45, 2.75) is 31.5 Å². The number of hydrogen-bond donors (Lipinski definition) is 1. The van der Waals surface area contributed by atoms with Gasteiger partial charge in [0.15, 0.2) is 0 Å². The van der Waals surface area contributed by atoms with Gasteiger partial charge in [0.2, 0.25) is 0 Å². The molecule has 1 N–H and O–H groups in total. The van der Waals surface area contributed by atoms with E-state index >= 15 is 0 Å². The number of rotatable bonds is 1. The summed E-state index contributed by atoms with van der Waals surface area (Å²) in [4.78, 5) is 0. The van der Waals surface area contributed by atoms with Gasteiger partial charge in [-0.1, -0.05) is 19.1 Å². The zero-order chi connectivity index (χ0) is 8.06. The van der Waals surface area contributed by atoms with Gasteiger partial charge in [0.05, 0.1) is 18.3 Å². The standard InChI is InChI=1S/C9H14O2/c1-3-9-4-6(2)7(5-11-9)8(9)10/h7-8,10H,2-5H2,1H3/t7-,8+,9+/m0/s1. The van der Waals surface area contributed by atoms with Crippen LogP contribution in [0.1, 0.15) is 19.8 Å². The van der Waals surface area contributed by atoms with Crippen LogP contribution in [0.4, 0.5) is 0 Å². The number of hydrogen-bond acceptors (Lipinski definition) is 2. The van der Waals surface area contributed by atoms with Crippen LogP contribution in [0, 0.1) is 5.92 Å². The lowest BCUT2D eigenvalue weighted by atomic mass is 9.97. The molecule has 2 aliphatic rings. The van der Waals surface area contributed by atoms with Crippen molar-refractivity contribution in [2.75, 3.05) is 6.61 Å². The van der Waals surface area contributed by atoms with Gasteiger partial charge in [0, 0.05) is 12.3 Å². The summed E-state index contributed by atoms with van der Waals surface area (Å²) in [7, 11) is 0. The van der Waals surface area contributed by atoms with Crippen LogP contribution in [0.3, 0.4) is 0 Å². The number of aliphatic hydroxyl groups excluding tert-OH is 1. The molecule has 62 valence electrons. The van der Waals surface area contributed by atoms with Crippen LogP contribution in [-0.2, 0) is 4.74 Å². The molecular formula is C9H14O2. The second-order valence-electron chi connectivity index (χ2n) is 3.62. The number of ether oxygens (including phenoxy) is 1. The van der Waals surface area contributed by atoms with Gasteiger partial charge in [-0.15, -0.1) is 0 Å². The molecule has 1 saturated carbocycles. The van der Waals surface area contributed by atoms with E-state index in [1.807, 2.05) is 0 Å². The molecule has 1 saturated heterocycles. The monoisotopic (exact) mass is 154 g/mol. The van der Waals surface area contributed by atoms with E-state index in [4.69, 9.17) is 4.74 Å². The van der Waals surface area contributed by atoms with Gasteiger partial charge in [-0.3, -0.25) is 0 Å². The van der Waals surface area contributed by atoms with Crippen LogP contribution in [0.5, 0.6) is 0 Å². The summed E-state index contributed by atoms with van der Waals surface area (Å²) >= 11 is 0. The molecule has 2 rings (SSSR count). The molecule has 0 aromatic heterocycles. The third-order valence-corrected chi connectivity index (χ3v) is 3.12. The Hall–Kier alpha value is -0.340. The van der Waals surface area contributed by atoms with Crippen LogP contribution in [0.15, 0.2) is 12.2 Å². The van der Waals surface area contributed by atoms with E-state index in [-0.39, 0.29) is 17.6 Å². The molecule has 2 bridgehead atoms. The van der Waals surface area contributed by atoms with E-state index in [1.165, 1.54) is 5.57 Å². The zero-order valence-corrected chi connectivity index (χ0v) is 6.84. The molecule has 2 nitrogen and oxygen atoms in total. The minimum absolute atomic E-state index is 0.218. The number of fused-ring (bicyclic) bond motifs is 2. The highest BCUT2D eigenvalue weighted by atomic mass is 16.5. The fraction of sp³-hybridized carbons (Fsp3) is 0.778. The van der Waals surface area contributed by atoms with Crippen molar-refractivity contribution in [2.24, 2.45) is 5.92 Å². The third kappa shape index (κ3) is 0.741. The normalized spacial score (nSPS) is 48.7. The molecule has 0 aromatic carbocycles.